The zero-order chi connectivity index (χ0) is 7.28. The SMILES string of the molecule is CCOC(=O)C(F)C=O. The molecule has 0 heterocycles. The first kappa shape index (κ1) is 8.07. The predicted octanol–water partition coefficient (Wildman–Crippen LogP) is 0.0865. The standard InChI is InChI=1S/C5H7FO3/c1-2-9-5(8)4(6)3-7/h3-4H,2H2,1H3. The van der Waals surface area contributed by atoms with Crippen molar-refractivity contribution in [2.75, 3.05) is 6.61 Å². The number of hydrogen-bond acceptors (Lipinski definition) is 3. The number of rotatable bonds is 3. The van der Waals surface area contributed by atoms with E-state index in [4.69, 9.17) is 0 Å². The van der Waals surface area contributed by atoms with Crippen LogP contribution in [0, 0.1) is 0 Å². The molecule has 0 aliphatic carbocycles. The van der Waals surface area contributed by atoms with Gasteiger partial charge in [-0.15, -0.1) is 0 Å². The summed E-state index contributed by atoms with van der Waals surface area (Å²) in [6, 6.07) is 0. The molecule has 0 amide bonds. The molecule has 0 aliphatic rings. The minimum Gasteiger partial charge on any atom is -0.464 e. The maximum absolute atomic E-state index is 11.9. The van der Waals surface area contributed by atoms with Crippen molar-refractivity contribution in [2.45, 2.75) is 13.1 Å². The predicted molar refractivity (Wildman–Crippen MR) is 27.6 cm³/mol. The summed E-state index contributed by atoms with van der Waals surface area (Å²) in [5.74, 6) is -1.12. The van der Waals surface area contributed by atoms with Crippen LogP contribution in [0.1, 0.15) is 6.92 Å². The van der Waals surface area contributed by atoms with Crippen molar-refractivity contribution in [3.63, 3.8) is 0 Å². The Morgan fingerprint density at radius 2 is 2.44 bits per heavy atom. The number of halogens is 1. The van der Waals surface area contributed by atoms with Gasteiger partial charge in [-0.05, 0) is 6.92 Å². The first-order chi connectivity index (χ1) is 4.22. The number of hydrogen-bond donors (Lipinski definition) is 0. The van der Waals surface area contributed by atoms with Crippen LogP contribution in [0.2, 0.25) is 0 Å². The molecular weight excluding hydrogens is 127 g/mol. The smallest absolute Gasteiger partial charge is 0.348 e. The summed E-state index contributed by atoms with van der Waals surface area (Å²) in [7, 11) is 0. The molecule has 0 bridgehead atoms. The highest BCUT2D eigenvalue weighted by Crippen LogP contribution is 1.89. The third kappa shape index (κ3) is 2.79. The second-order valence-corrected chi connectivity index (χ2v) is 1.29. The summed E-state index contributed by atoms with van der Waals surface area (Å²) in [5, 5.41) is 0. The van der Waals surface area contributed by atoms with Crippen LogP contribution in [0.5, 0.6) is 0 Å². The second-order valence-electron chi connectivity index (χ2n) is 1.29. The van der Waals surface area contributed by atoms with Crippen molar-refractivity contribution in [3.8, 4) is 0 Å². The van der Waals surface area contributed by atoms with Crippen molar-refractivity contribution >= 4 is 12.3 Å². The monoisotopic (exact) mass is 134 g/mol. The van der Waals surface area contributed by atoms with E-state index < -0.39 is 12.1 Å². The third-order valence-electron chi connectivity index (χ3n) is 0.631. The zero-order valence-corrected chi connectivity index (χ0v) is 4.96. The summed E-state index contributed by atoms with van der Waals surface area (Å²) in [6.07, 6.45) is -2.22. The van der Waals surface area contributed by atoms with E-state index in [1.54, 1.807) is 0 Å². The molecule has 3 nitrogen and oxygen atoms in total. The highest BCUT2D eigenvalue weighted by Gasteiger charge is 2.15. The van der Waals surface area contributed by atoms with E-state index in [1.165, 1.54) is 6.92 Å². The van der Waals surface area contributed by atoms with Crippen molar-refractivity contribution in [2.24, 2.45) is 0 Å². The van der Waals surface area contributed by atoms with Gasteiger partial charge in [-0.3, -0.25) is 4.79 Å². The Labute approximate surface area is 51.8 Å². The Hall–Kier alpha value is -0.930. The number of alkyl halides is 1. The van der Waals surface area contributed by atoms with E-state index >= 15 is 0 Å². The number of esters is 1. The number of ether oxygens (including phenoxy) is 1. The van der Waals surface area contributed by atoms with Crippen LogP contribution in [0.4, 0.5) is 4.39 Å². The molecular formula is C5H7FO3. The van der Waals surface area contributed by atoms with Crippen LogP contribution in [-0.2, 0) is 14.3 Å². The number of carbonyl (C=O) groups excluding carboxylic acids is 2. The molecule has 0 spiro atoms. The largest absolute Gasteiger partial charge is 0.464 e. The molecule has 0 radical (unpaired) electrons. The van der Waals surface area contributed by atoms with Gasteiger partial charge in [0.2, 0.25) is 0 Å². The van der Waals surface area contributed by atoms with Gasteiger partial charge >= 0.3 is 5.97 Å². The van der Waals surface area contributed by atoms with Gasteiger partial charge in [0.1, 0.15) is 0 Å². The lowest BCUT2D eigenvalue weighted by molar-refractivity contribution is -0.150. The van der Waals surface area contributed by atoms with Gasteiger partial charge in [0.15, 0.2) is 6.29 Å². The number of aldehydes is 1. The topological polar surface area (TPSA) is 43.4 Å². The summed E-state index contributed by atoms with van der Waals surface area (Å²) >= 11 is 0. The maximum atomic E-state index is 11.9. The van der Waals surface area contributed by atoms with Crippen LogP contribution in [-0.4, -0.2) is 25.0 Å². The van der Waals surface area contributed by atoms with Crippen LogP contribution in [0.25, 0.3) is 0 Å². The molecule has 1 atom stereocenters. The fourth-order valence-electron chi connectivity index (χ4n) is 0.277. The average molecular weight is 134 g/mol. The van der Waals surface area contributed by atoms with Crippen LogP contribution in [0.15, 0.2) is 0 Å². The molecule has 0 aromatic carbocycles. The van der Waals surface area contributed by atoms with Crippen molar-refractivity contribution in [1.82, 2.24) is 0 Å². The minimum atomic E-state index is -2.12. The lowest BCUT2D eigenvalue weighted by atomic mass is 10.4. The van der Waals surface area contributed by atoms with Crippen molar-refractivity contribution < 1.29 is 18.7 Å². The van der Waals surface area contributed by atoms with E-state index in [-0.39, 0.29) is 12.9 Å². The van der Waals surface area contributed by atoms with Crippen LogP contribution in [0.3, 0.4) is 0 Å². The highest BCUT2D eigenvalue weighted by molar-refractivity contribution is 5.90. The second kappa shape index (κ2) is 4.00. The van der Waals surface area contributed by atoms with E-state index in [0.717, 1.165) is 0 Å². The van der Waals surface area contributed by atoms with E-state index in [0.29, 0.717) is 0 Å². The third-order valence-corrected chi connectivity index (χ3v) is 0.631. The van der Waals surface area contributed by atoms with Crippen molar-refractivity contribution in [1.29, 1.82) is 0 Å². The Bertz CT molecular complexity index is 113. The molecule has 52 valence electrons. The Kier molecular flexibility index (Phi) is 3.59. The van der Waals surface area contributed by atoms with Crippen LogP contribution >= 0.6 is 0 Å². The molecule has 0 rings (SSSR count). The normalized spacial score (nSPS) is 12.2. The molecule has 0 aliphatic heterocycles. The van der Waals surface area contributed by atoms with Crippen molar-refractivity contribution in [3.05, 3.63) is 0 Å². The average Bonchev–Trinajstić information content (AvgIpc) is 1.87. The van der Waals surface area contributed by atoms with Gasteiger partial charge in [-0.1, -0.05) is 0 Å². The fraction of sp³-hybridized carbons (Fsp3) is 0.600. The fourth-order valence-corrected chi connectivity index (χ4v) is 0.277. The molecule has 0 N–H and O–H groups in total. The summed E-state index contributed by atoms with van der Waals surface area (Å²) in [6.45, 7) is 1.63. The summed E-state index contributed by atoms with van der Waals surface area (Å²) < 4.78 is 16.0. The van der Waals surface area contributed by atoms with Gasteiger partial charge in [0.05, 0.1) is 6.61 Å². The van der Waals surface area contributed by atoms with Gasteiger partial charge in [-0.2, -0.15) is 0 Å². The van der Waals surface area contributed by atoms with Crippen LogP contribution < -0.4 is 0 Å². The van der Waals surface area contributed by atoms with Gasteiger partial charge < -0.3 is 4.74 Å². The van der Waals surface area contributed by atoms with Gasteiger partial charge in [0, 0.05) is 0 Å². The lowest BCUT2D eigenvalue weighted by Crippen LogP contribution is -2.19. The molecule has 0 aromatic heterocycles. The quantitative estimate of drug-likeness (QED) is 0.312. The number of carbonyl (C=O) groups is 2. The Morgan fingerprint density at radius 3 is 2.78 bits per heavy atom. The highest BCUT2D eigenvalue weighted by atomic mass is 19.1. The minimum absolute atomic E-state index is 0.0904. The van der Waals surface area contributed by atoms with E-state index in [9.17, 15) is 14.0 Å². The molecule has 0 saturated carbocycles. The molecule has 4 heteroatoms. The Morgan fingerprint density at radius 1 is 1.89 bits per heavy atom. The van der Waals surface area contributed by atoms with Gasteiger partial charge in [0.25, 0.3) is 6.17 Å². The van der Waals surface area contributed by atoms with Gasteiger partial charge in [-0.25, -0.2) is 9.18 Å². The first-order valence-electron chi connectivity index (χ1n) is 2.48. The first-order valence-corrected chi connectivity index (χ1v) is 2.48. The molecule has 0 saturated heterocycles. The molecule has 0 aromatic rings. The maximum Gasteiger partial charge on any atom is 0.348 e. The molecule has 0 fully saturated rings. The zero-order valence-electron chi connectivity index (χ0n) is 4.96. The summed E-state index contributed by atoms with van der Waals surface area (Å²) in [5.41, 5.74) is 0. The molecule has 9 heavy (non-hydrogen) atoms. The van der Waals surface area contributed by atoms with E-state index in [1.807, 2.05) is 0 Å². The van der Waals surface area contributed by atoms with E-state index in [2.05, 4.69) is 4.74 Å². The summed E-state index contributed by atoms with van der Waals surface area (Å²) in [4.78, 5) is 19.7. The Balaban J connectivity index is 3.58. The molecule has 1 unspecified atom stereocenters. The lowest BCUT2D eigenvalue weighted by Gasteiger charge is -1.98.